The number of hydrogen-bond acceptors (Lipinski definition) is 5. The molecule has 0 aliphatic carbocycles. The van der Waals surface area contributed by atoms with Gasteiger partial charge in [0.1, 0.15) is 16.4 Å². The number of ether oxygens (including phenoxy) is 1. The number of aryl methyl sites for hydroxylation is 1. The fourth-order valence-corrected chi connectivity index (χ4v) is 3.59. The van der Waals surface area contributed by atoms with Crippen LogP contribution in [0.3, 0.4) is 0 Å². The van der Waals surface area contributed by atoms with Crippen LogP contribution in [0.15, 0.2) is 41.3 Å². The Balaban J connectivity index is 2.28. The molecule has 0 fully saturated rings. The third-order valence-corrected chi connectivity index (χ3v) is 5.06. The van der Waals surface area contributed by atoms with E-state index in [4.69, 9.17) is 25.6 Å². The maximum absolute atomic E-state index is 12.7. The van der Waals surface area contributed by atoms with E-state index >= 15 is 0 Å². The molecular formula is C17H16ClF3O5S. The quantitative estimate of drug-likeness (QED) is 0.533. The molecule has 5 nitrogen and oxygen atoms in total. The number of benzene rings is 2. The molecule has 0 unspecified atom stereocenters. The molecule has 0 saturated heterocycles. The van der Waals surface area contributed by atoms with Crippen LogP contribution in [-0.4, -0.2) is 26.7 Å². The van der Waals surface area contributed by atoms with Gasteiger partial charge in [0, 0.05) is 19.1 Å². The first-order chi connectivity index (χ1) is 12.5. The van der Waals surface area contributed by atoms with Gasteiger partial charge in [0.15, 0.2) is 0 Å². The van der Waals surface area contributed by atoms with Crippen molar-refractivity contribution in [3.8, 4) is 11.5 Å². The molecule has 0 aliphatic heterocycles. The van der Waals surface area contributed by atoms with Crippen molar-refractivity contribution in [2.45, 2.75) is 24.4 Å². The highest BCUT2D eigenvalue weighted by Gasteiger charge is 2.32. The van der Waals surface area contributed by atoms with E-state index in [9.17, 15) is 21.6 Å². The zero-order valence-corrected chi connectivity index (χ0v) is 15.7. The summed E-state index contributed by atoms with van der Waals surface area (Å²) in [5.74, 6) is 0.247. The van der Waals surface area contributed by atoms with Gasteiger partial charge in [-0.3, -0.25) is 0 Å². The molecule has 27 heavy (non-hydrogen) atoms. The second-order valence-electron chi connectivity index (χ2n) is 5.59. The first kappa shape index (κ1) is 21.3. The van der Waals surface area contributed by atoms with Crippen LogP contribution in [0.25, 0.3) is 0 Å². The average Bonchev–Trinajstić information content (AvgIpc) is 2.53. The molecule has 10 heteroatoms. The van der Waals surface area contributed by atoms with Gasteiger partial charge in [0.2, 0.25) is 0 Å². The van der Waals surface area contributed by atoms with E-state index in [2.05, 4.69) is 0 Å². The number of rotatable bonds is 7. The molecule has 2 aromatic rings. The van der Waals surface area contributed by atoms with Gasteiger partial charge in [0.25, 0.3) is 0 Å². The first-order valence-corrected chi connectivity index (χ1v) is 9.48. The van der Waals surface area contributed by atoms with E-state index in [0.717, 1.165) is 6.07 Å². The lowest BCUT2D eigenvalue weighted by molar-refractivity contribution is -0.137. The predicted molar refractivity (Wildman–Crippen MR) is 92.6 cm³/mol. The van der Waals surface area contributed by atoms with Crippen LogP contribution in [0.2, 0.25) is 5.02 Å². The summed E-state index contributed by atoms with van der Waals surface area (Å²) in [6.07, 6.45) is -4.26. The van der Waals surface area contributed by atoms with Crippen molar-refractivity contribution in [3.05, 3.63) is 52.5 Å². The van der Waals surface area contributed by atoms with Crippen LogP contribution in [0, 0.1) is 6.92 Å². The van der Waals surface area contributed by atoms with Crippen LogP contribution >= 0.6 is 11.6 Å². The van der Waals surface area contributed by atoms with E-state index in [-0.39, 0.29) is 19.0 Å². The lowest BCUT2D eigenvalue weighted by Gasteiger charge is -2.13. The van der Waals surface area contributed by atoms with E-state index in [1.807, 2.05) is 0 Å². The predicted octanol–water partition coefficient (Wildman–Crippen LogP) is 4.20. The topological polar surface area (TPSA) is 72.8 Å². The van der Waals surface area contributed by atoms with Crippen LogP contribution in [0.5, 0.6) is 11.5 Å². The Morgan fingerprint density at radius 1 is 1.11 bits per heavy atom. The zero-order chi connectivity index (χ0) is 20.2. The molecule has 1 N–H and O–H groups in total. The van der Waals surface area contributed by atoms with Crippen LogP contribution in [-0.2, 0) is 16.3 Å². The van der Waals surface area contributed by atoms with Gasteiger partial charge >= 0.3 is 16.3 Å². The molecule has 0 radical (unpaired) electrons. The molecular weight excluding hydrogens is 409 g/mol. The Morgan fingerprint density at radius 2 is 1.78 bits per heavy atom. The van der Waals surface area contributed by atoms with Gasteiger partial charge in [-0.05, 0) is 42.8 Å². The Morgan fingerprint density at radius 3 is 2.37 bits per heavy atom. The van der Waals surface area contributed by atoms with Gasteiger partial charge in [0.05, 0.1) is 17.2 Å². The summed E-state index contributed by atoms with van der Waals surface area (Å²) in [6, 6.07) is 6.27. The van der Waals surface area contributed by atoms with Crippen molar-refractivity contribution in [2.75, 3.05) is 13.2 Å². The number of aliphatic hydroxyl groups excluding tert-OH is 1. The largest absolute Gasteiger partial charge is 0.493 e. The fraction of sp³-hybridized carbons (Fsp3) is 0.294. The smallest absolute Gasteiger partial charge is 0.416 e. The third-order valence-electron chi connectivity index (χ3n) is 3.33. The molecule has 0 aliphatic rings. The maximum Gasteiger partial charge on any atom is 0.416 e. The van der Waals surface area contributed by atoms with Gasteiger partial charge in [-0.25, -0.2) is 0 Å². The molecule has 148 valence electrons. The molecule has 0 spiro atoms. The fourth-order valence-electron chi connectivity index (χ4n) is 2.15. The van der Waals surface area contributed by atoms with E-state index in [1.165, 1.54) is 12.1 Å². The summed E-state index contributed by atoms with van der Waals surface area (Å²) in [5.41, 5.74) is -0.429. The van der Waals surface area contributed by atoms with Crippen molar-refractivity contribution in [1.82, 2.24) is 0 Å². The van der Waals surface area contributed by atoms with Crippen molar-refractivity contribution >= 4 is 21.7 Å². The minimum absolute atomic E-state index is 0.0596. The number of halogens is 4. The Kier molecular flexibility index (Phi) is 6.61. The van der Waals surface area contributed by atoms with Gasteiger partial charge in [-0.1, -0.05) is 11.6 Å². The van der Waals surface area contributed by atoms with Gasteiger partial charge < -0.3 is 14.0 Å². The molecule has 2 rings (SSSR count). The molecule has 0 aromatic heterocycles. The van der Waals surface area contributed by atoms with E-state index in [0.29, 0.717) is 29.9 Å². The molecule has 0 bridgehead atoms. The summed E-state index contributed by atoms with van der Waals surface area (Å²) in [7, 11) is -4.46. The second-order valence-corrected chi connectivity index (χ2v) is 7.51. The van der Waals surface area contributed by atoms with E-state index < -0.39 is 31.8 Å². The zero-order valence-electron chi connectivity index (χ0n) is 14.1. The van der Waals surface area contributed by atoms with E-state index in [1.54, 1.807) is 13.0 Å². The van der Waals surface area contributed by atoms with Crippen molar-refractivity contribution < 1.29 is 35.6 Å². The highest BCUT2D eigenvalue weighted by atomic mass is 35.5. The van der Waals surface area contributed by atoms with Crippen LogP contribution < -0.4 is 8.92 Å². The number of hydrogen-bond donors (Lipinski definition) is 1. The molecule has 0 atom stereocenters. The Labute approximate surface area is 159 Å². The highest BCUT2D eigenvalue weighted by molar-refractivity contribution is 7.87. The SMILES string of the molecule is Cc1cc(OCCCO)cc(OS(=O)(=O)c2ccc(C(F)(F)F)cc2Cl)c1. The first-order valence-electron chi connectivity index (χ1n) is 7.69. The second kappa shape index (κ2) is 8.37. The minimum atomic E-state index is -4.65. The molecule has 0 amide bonds. The average molecular weight is 425 g/mol. The maximum atomic E-state index is 12.7. The minimum Gasteiger partial charge on any atom is -0.493 e. The molecule has 0 heterocycles. The Bertz CT molecular complexity index is 913. The number of alkyl halides is 3. The summed E-state index contributed by atoms with van der Waals surface area (Å²) < 4.78 is 73.3. The van der Waals surface area contributed by atoms with Crippen molar-refractivity contribution in [2.24, 2.45) is 0 Å². The van der Waals surface area contributed by atoms with Crippen LogP contribution in [0.4, 0.5) is 13.2 Å². The normalized spacial score (nSPS) is 12.1. The third kappa shape index (κ3) is 5.75. The standard InChI is InChI=1S/C17H16ClF3O5S/c1-11-7-13(25-6-2-5-22)10-14(8-11)26-27(23,24)16-4-3-12(9-15(16)18)17(19,20)21/h3-4,7-10,22H,2,5-6H2,1H3. The van der Waals surface area contributed by atoms with Crippen molar-refractivity contribution in [1.29, 1.82) is 0 Å². The number of aliphatic hydroxyl groups is 1. The summed E-state index contributed by atoms with van der Waals surface area (Å²) in [4.78, 5) is -0.582. The summed E-state index contributed by atoms with van der Waals surface area (Å²) in [6.45, 7) is 1.84. The van der Waals surface area contributed by atoms with Gasteiger partial charge in [-0.2, -0.15) is 21.6 Å². The molecule has 2 aromatic carbocycles. The van der Waals surface area contributed by atoms with Crippen molar-refractivity contribution in [3.63, 3.8) is 0 Å². The lowest BCUT2D eigenvalue weighted by Crippen LogP contribution is -2.12. The van der Waals surface area contributed by atoms with Crippen LogP contribution in [0.1, 0.15) is 17.5 Å². The summed E-state index contributed by atoms with van der Waals surface area (Å²) in [5, 5.41) is 8.16. The summed E-state index contributed by atoms with van der Waals surface area (Å²) >= 11 is 5.73. The molecule has 0 saturated carbocycles. The Hall–Kier alpha value is -1.97. The monoisotopic (exact) mass is 424 g/mol. The lowest BCUT2D eigenvalue weighted by atomic mass is 10.2. The highest BCUT2D eigenvalue weighted by Crippen LogP contribution is 2.34. The van der Waals surface area contributed by atoms with Gasteiger partial charge in [-0.15, -0.1) is 0 Å².